The van der Waals surface area contributed by atoms with Crippen molar-refractivity contribution in [1.82, 2.24) is 4.98 Å². The summed E-state index contributed by atoms with van der Waals surface area (Å²) in [6.07, 6.45) is -0.0245. The van der Waals surface area contributed by atoms with Crippen molar-refractivity contribution in [3.8, 4) is 17.6 Å². The summed E-state index contributed by atoms with van der Waals surface area (Å²) in [6.45, 7) is 1.52. The van der Waals surface area contributed by atoms with Gasteiger partial charge in [0.15, 0.2) is 11.5 Å². The number of rotatable bonds is 4. The third-order valence-corrected chi connectivity index (χ3v) is 2.92. The Morgan fingerprint density at radius 1 is 1.36 bits per heavy atom. The van der Waals surface area contributed by atoms with Crippen molar-refractivity contribution in [2.24, 2.45) is 0 Å². The minimum absolute atomic E-state index is 0.0156. The molecule has 1 heterocycles. The lowest BCUT2D eigenvalue weighted by atomic mass is 10.1. The van der Waals surface area contributed by atoms with Gasteiger partial charge in [0.2, 0.25) is 5.95 Å². The molecule has 0 bridgehead atoms. The minimum Gasteiger partial charge on any atom is -0.450 e. The zero-order valence-corrected chi connectivity index (χ0v) is 11.6. The van der Waals surface area contributed by atoms with Crippen LogP contribution in [-0.4, -0.2) is 10.8 Å². The number of benzene rings is 1. The van der Waals surface area contributed by atoms with Crippen LogP contribution in [0.3, 0.4) is 0 Å². The fourth-order valence-corrected chi connectivity index (χ4v) is 1.83. The van der Waals surface area contributed by atoms with Gasteiger partial charge >= 0.3 is 0 Å². The molecule has 0 radical (unpaired) electrons. The summed E-state index contributed by atoms with van der Waals surface area (Å²) in [5.74, 6) is -3.76. The topological polar surface area (TPSA) is 89.0 Å². The first-order valence-electron chi connectivity index (χ1n) is 6.34. The largest absolute Gasteiger partial charge is 0.450 e. The maximum atomic E-state index is 13.9. The number of ether oxygens (including phenoxy) is 1. The Morgan fingerprint density at radius 2 is 2.05 bits per heavy atom. The van der Waals surface area contributed by atoms with Gasteiger partial charge in [-0.25, -0.2) is 0 Å². The Morgan fingerprint density at radius 3 is 2.68 bits per heavy atom. The molecule has 0 spiro atoms. The molecule has 0 fully saturated rings. The second-order valence-corrected chi connectivity index (χ2v) is 4.30. The highest BCUT2D eigenvalue weighted by atomic mass is 19.1. The SMILES string of the molecule is CCC(=O)c1c(N)c(F)nc(F)c1Oc1ccccc1C#N. The summed E-state index contributed by atoms with van der Waals surface area (Å²) in [5.41, 5.74) is 4.61. The van der Waals surface area contributed by atoms with Crippen molar-refractivity contribution in [2.75, 3.05) is 5.73 Å². The number of hydrogen-bond donors (Lipinski definition) is 1. The van der Waals surface area contributed by atoms with E-state index in [2.05, 4.69) is 4.98 Å². The van der Waals surface area contributed by atoms with Gasteiger partial charge < -0.3 is 10.5 Å². The predicted molar refractivity (Wildman–Crippen MR) is 74.4 cm³/mol. The molecule has 2 N–H and O–H groups in total. The zero-order valence-electron chi connectivity index (χ0n) is 11.6. The van der Waals surface area contributed by atoms with Crippen LogP contribution < -0.4 is 10.5 Å². The number of carbonyl (C=O) groups is 1. The van der Waals surface area contributed by atoms with Crippen LogP contribution in [0, 0.1) is 23.2 Å². The van der Waals surface area contributed by atoms with E-state index in [9.17, 15) is 13.6 Å². The van der Waals surface area contributed by atoms with Crippen molar-refractivity contribution in [3.05, 3.63) is 47.3 Å². The summed E-state index contributed by atoms with van der Waals surface area (Å²) in [6, 6.07) is 7.89. The first-order valence-corrected chi connectivity index (χ1v) is 6.34. The predicted octanol–water partition coefficient (Wildman–Crippen LogP) is 3.20. The number of nitrogens with two attached hydrogens (primary N) is 1. The number of nitrogens with zero attached hydrogens (tertiary/aromatic N) is 2. The Hall–Kier alpha value is -3.01. The van der Waals surface area contributed by atoms with E-state index < -0.39 is 34.7 Å². The lowest BCUT2D eigenvalue weighted by molar-refractivity contribution is 0.0985. The number of para-hydroxylation sites is 1. The monoisotopic (exact) mass is 303 g/mol. The molecule has 0 aliphatic carbocycles. The molecule has 0 atom stereocenters. The molecule has 5 nitrogen and oxygen atoms in total. The number of pyridine rings is 1. The van der Waals surface area contributed by atoms with E-state index in [4.69, 9.17) is 15.7 Å². The summed E-state index contributed by atoms with van der Waals surface area (Å²) >= 11 is 0. The van der Waals surface area contributed by atoms with Crippen molar-refractivity contribution in [3.63, 3.8) is 0 Å². The van der Waals surface area contributed by atoms with E-state index >= 15 is 0 Å². The van der Waals surface area contributed by atoms with E-state index in [-0.39, 0.29) is 17.7 Å². The molecular weight excluding hydrogens is 292 g/mol. The fraction of sp³-hybridized carbons (Fsp3) is 0.133. The molecule has 0 aliphatic rings. The number of ketones is 1. The molecule has 2 rings (SSSR count). The molecule has 0 saturated heterocycles. The molecule has 1 aromatic carbocycles. The Balaban J connectivity index is 2.63. The van der Waals surface area contributed by atoms with Crippen molar-refractivity contribution >= 4 is 11.5 Å². The zero-order chi connectivity index (χ0) is 16.3. The standard InChI is InChI=1S/C15H11F2N3O2/c1-2-9(21)11-12(19)14(16)20-15(17)13(11)22-10-6-4-3-5-8(10)7-18/h3-6H,2,19H2,1H3. The first-order chi connectivity index (χ1) is 10.5. The quantitative estimate of drug-likeness (QED) is 0.692. The van der Waals surface area contributed by atoms with Gasteiger partial charge in [-0.2, -0.15) is 19.0 Å². The highest BCUT2D eigenvalue weighted by molar-refractivity contribution is 6.03. The summed E-state index contributed by atoms with van der Waals surface area (Å²) in [5, 5.41) is 9.00. The maximum absolute atomic E-state index is 13.9. The Labute approximate surface area is 125 Å². The normalized spacial score (nSPS) is 10.1. The smallest absolute Gasteiger partial charge is 0.259 e. The molecule has 0 amide bonds. The number of anilines is 1. The fourth-order valence-electron chi connectivity index (χ4n) is 1.83. The Bertz CT molecular complexity index is 785. The highest BCUT2D eigenvalue weighted by Gasteiger charge is 2.25. The summed E-state index contributed by atoms with van der Waals surface area (Å²) < 4.78 is 32.7. The first kappa shape index (κ1) is 15.4. The van der Waals surface area contributed by atoms with Gasteiger partial charge in [0.25, 0.3) is 5.95 Å². The molecule has 0 aliphatic heterocycles. The van der Waals surface area contributed by atoms with Crippen molar-refractivity contribution in [1.29, 1.82) is 5.26 Å². The average molecular weight is 303 g/mol. The number of carbonyl (C=O) groups excluding carboxylic acids is 1. The van der Waals surface area contributed by atoms with Crippen LogP contribution in [0.5, 0.6) is 11.5 Å². The van der Waals surface area contributed by atoms with E-state index in [1.54, 1.807) is 12.1 Å². The average Bonchev–Trinajstić information content (AvgIpc) is 2.52. The lowest BCUT2D eigenvalue weighted by Gasteiger charge is -2.13. The van der Waals surface area contributed by atoms with Crippen LogP contribution in [0.4, 0.5) is 14.5 Å². The third-order valence-electron chi connectivity index (χ3n) is 2.92. The molecule has 112 valence electrons. The molecule has 1 aromatic heterocycles. The van der Waals surface area contributed by atoms with Gasteiger partial charge in [0, 0.05) is 6.42 Å². The van der Waals surface area contributed by atoms with Crippen molar-refractivity contribution < 1.29 is 18.3 Å². The van der Waals surface area contributed by atoms with Crippen LogP contribution in [0.25, 0.3) is 0 Å². The molecular formula is C15H11F2N3O2. The third kappa shape index (κ3) is 2.72. The van der Waals surface area contributed by atoms with E-state index in [0.29, 0.717) is 0 Å². The molecule has 0 unspecified atom stereocenters. The Kier molecular flexibility index (Phi) is 4.32. The molecule has 7 heteroatoms. The van der Waals surface area contributed by atoms with Crippen LogP contribution >= 0.6 is 0 Å². The van der Waals surface area contributed by atoms with Crippen LogP contribution in [0.15, 0.2) is 24.3 Å². The van der Waals surface area contributed by atoms with E-state index in [0.717, 1.165) is 0 Å². The molecule has 0 saturated carbocycles. The van der Waals surface area contributed by atoms with E-state index in [1.807, 2.05) is 6.07 Å². The van der Waals surface area contributed by atoms with Gasteiger partial charge in [-0.3, -0.25) is 4.79 Å². The molecule has 2 aromatic rings. The second kappa shape index (κ2) is 6.18. The van der Waals surface area contributed by atoms with Crippen LogP contribution in [0.1, 0.15) is 29.3 Å². The second-order valence-electron chi connectivity index (χ2n) is 4.30. The number of halogens is 2. The van der Waals surface area contributed by atoms with Gasteiger partial charge in [0.05, 0.1) is 11.1 Å². The van der Waals surface area contributed by atoms with Gasteiger partial charge in [-0.1, -0.05) is 19.1 Å². The number of nitrogen functional groups attached to an aromatic ring is 1. The lowest BCUT2D eigenvalue weighted by Crippen LogP contribution is -2.11. The van der Waals surface area contributed by atoms with Crippen LogP contribution in [0.2, 0.25) is 0 Å². The van der Waals surface area contributed by atoms with E-state index in [1.165, 1.54) is 19.1 Å². The van der Waals surface area contributed by atoms with Crippen LogP contribution in [-0.2, 0) is 0 Å². The number of hydrogen-bond acceptors (Lipinski definition) is 5. The maximum Gasteiger partial charge on any atom is 0.259 e. The number of Topliss-reactive ketones (excluding diaryl/α,β-unsaturated/α-hetero) is 1. The minimum atomic E-state index is -1.31. The summed E-state index contributed by atoms with van der Waals surface area (Å²) in [4.78, 5) is 14.9. The molecule has 22 heavy (non-hydrogen) atoms. The summed E-state index contributed by atoms with van der Waals surface area (Å²) in [7, 11) is 0. The number of nitriles is 1. The van der Waals surface area contributed by atoms with Gasteiger partial charge in [0.1, 0.15) is 17.5 Å². The van der Waals surface area contributed by atoms with Crippen molar-refractivity contribution in [2.45, 2.75) is 13.3 Å². The highest BCUT2D eigenvalue weighted by Crippen LogP contribution is 2.34. The number of aromatic nitrogens is 1. The van der Waals surface area contributed by atoms with Gasteiger partial charge in [-0.05, 0) is 12.1 Å². The van der Waals surface area contributed by atoms with Gasteiger partial charge in [-0.15, -0.1) is 0 Å².